The summed E-state index contributed by atoms with van der Waals surface area (Å²) in [5, 5.41) is 3.14. The lowest BCUT2D eigenvalue weighted by atomic mass is 9.70. The van der Waals surface area contributed by atoms with Gasteiger partial charge in [0.2, 0.25) is 0 Å². The molecule has 1 saturated heterocycles. The molecule has 0 aromatic carbocycles. The van der Waals surface area contributed by atoms with Gasteiger partial charge in [0.25, 0.3) is 0 Å². The Hall–Kier alpha value is -1.10. The highest BCUT2D eigenvalue weighted by molar-refractivity contribution is 5.88. The van der Waals surface area contributed by atoms with E-state index in [4.69, 9.17) is 4.74 Å². The molecule has 1 N–H and O–H groups in total. The molecule has 2 rings (SSSR count). The van der Waals surface area contributed by atoms with Gasteiger partial charge in [0.1, 0.15) is 0 Å². The number of esters is 1. The highest BCUT2D eigenvalue weighted by Crippen LogP contribution is 2.41. The first kappa shape index (κ1) is 11.4. The summed E-state index contributed by atoms with van der Waals surface area (Å²) in [4.78, 5) is 24.9. The third-order valence-corrected chi connectivity index (χ3v) is 3.51. The number of hydrogen-bond donors (Lipinski definition) is 1. The Bertz CT molecular complexity index is 294. The van der Waals surface area contributed by atoms with Gasteiger partial charge in [-0.2, -0.15) is 0 Å². The van der Waals surface area contributed by atoms with E-state index in [-0.39, 0.29) is 5.97 Å². The Kier molecular flexibility index (Phi) is 3.14. The zero-order chi connectivity index (χ0) is 11.6. The summed E-state index contributed by atoms with van der Waals surface area (Å²) in [7, 11) is 0. The molecule has 2 aliphatic rings. The van der Waals surface area contributed by atoms with Gasteiger partial charge in [-0.05, 0) is 19.8 Å². The molecular formula is C11H18N2O3. The zero-order valence-corrected chi connectivity index (χ0v) is 9.62. The second-order valence-electron chi connectivity index (χ2n) is 4.81. The molecule has 1 aliphatic carbocycles. The first-order chi connectivity index (χ1) is 7.62. The summed E-state index contributed by atoms with van der Waals surface area (Å²) in [6.45, 7) is 4.62. The van der Waals surface area contributed by atoms with Gasteiger partial charge in [0.05, 0.1) is 5.41 Å². The number of ether oxygens (including phenoxy) is 1. The van der Waals surface area contributed by atoms with Gasteiger partial charge in [-0.1, -0.05) is 6.42 Å². The van der Waals surface area contributed by atoms with Crippen LogP contribution in [0.4, 0.5) is 4.79 Å². The van der Waals surface area contributed by atoms with Crippen molar-refractivity contribution in [1.82, 2.24) is 10.2 Å². The summed E-state index contributed by atoms with van der Waals surface area (Å²) in [6, 6.07) is 0. The van der Waals surface area contributed by atoms with Gasteiger partial charge in [0.15, 0.2) is 0 Å². The molecule has 1 heterocycles. The van der Waals surface area contributed by atoms with Crippen molar-refractivity contribution >= 4 is 12.1 Å². The molecule has 0 atom stereocenters. The van der Waals surface area contributed by atoms with Crippen LogP contribution in [0.25, 0.3) is 0 Å². The van der Waals surface area contributed by atoms with Crippen molar-refractivity contribution in [2.75, 3.05) is 26.2 Å². The van der Waals surface area contributed by atoms with E-state index in [1.807, 2.05) is 6.92 Å². The topological polar surface area (TPSA) is 58.6 Å². The molecule has 1 amide bonds. The molecule has 2 fully saturated rings. The lowest BCUT2D eigenvalue weighted by Gasteiger charge is -2.35. The van der Waals surface area contributed by atoms with Gasteiger partial charge >= 0.3 is 12.1 Å². The van der Waals surface area contributed by atoms with Gasteiger partial charge in [-0.25, -0.2) is 4.79 Å². The molecule has 1 aliphatic heterocycles. The van der Waals surface area contributed by atoms with E-state index >= 15 is 0 Å². The van der Waals surface area contributed by atoms with Crippen LogP contribution in [-0.2, 0) is 9.53 Å². The number of hydrogen-bond acceptors (Lipinski definition) is 4. The fourth-order valence-electron chi connectivity index (χ4n) is 2.03. The molecule has 5 heteroatoms. The Labute approximate surface area is 95.1 Å². The second-order valence-corrected chi connectivity index (χ2v) is 4.81. The van der Waals surface area contributed by atoms with E-state index < -0.39 is 11.5 Å². The molecule has 0 aromatic rings. The number of rotatable bonds is 1. The lowest BCUT2D eigenvalue weighted by Crippen LogP contribution is -2.48. The quantitative estimate of drug-likeness (QED) is 0.529. The van der Waals surface area contributed by atoms with Crippen LogP contribution in [0.2, 0.25) is 0 Å². The average molecular weight is 226 g/mol. The standard InChI is InChI=1S/C11H18N2O3/c1-11(3-2-4-11)9(14)16-10(15)13-7-5-12-6-8-13/h12H,2-8H2,1H3. The average Bonchev–Trinajstić information content (AvgIpc) is 2.27. The zero-order valence-electron chi connectivity index (χ0n) is 9.62. The molecule has 1 saturated carbocycles. The highest BCUT2D eigenvalue weighted by Gasteiger charge is 2.42. The predicted molar refractivity (Wildman–Crippen MR) is 57.9 cm³/mol. The largest absolute Gasteiger partial charge is 0.417 e. The minimum Gasteiger partial charge on any atom is -0.376 e. The number of piperazine rings is 1. The van der Waals surface area contributed by atoms with Crippen molar-refractivity contribution < 1.29 is 14.3 Å². The second kappa shape index (κ2) is 4.41. The maximum atomic E-state index is 11.7. The molecule has 0 spiro atoms. The van der Waals surface area contributed by atoms with Gasteiger partial charge in [-0.3, -0.25) is 4.79 Å². The molecular weight excluding hydrogens is 208 g/mol. The third kappa shape index (κ3) is 2.19. The first-order valence-electron chi connectivity index (χ1n) is 5.84. The Morgan fingerprint density at radius 3 is 2.38 bits per heavy atom. The van der Waals surface area contributed by atoms with Crippen molar-refractivity contribution in [3.8, 4) is 0 Å². The van der Waals surface area contributed by atoms with Crippen molar-refractivity contribution in [2.45, 2.75) is 26.2 Å². The van der Waals surface area contributed by atoms with Crippen LogP contribution >= 0.6 is 0 Å². The first-order valence-corrected chi connectivity index (χ1v) is 5.84. The van der Waals surface area contributed by atoms with Gasteiger partial charge in [0, 0.05) is 26.2 Å². The van der Waals surface area contributed by atoms with E-state index in [0.29, 0.717) is 13.1 Å². The minimum absolute atomic E-state index is 0.359. The summed E-state index contributed by atoms with van der Waals surface area (Å²) in [5.41, 5.74) is -0.413. The highest BCUT2D eigenvalue weighted by atomic mass is 16.6. The summed E-state index contributed by atoms with van der Waals surface area (Å²) in [6.07, 6.45) is 2.23. The molecule has 0 bridgehead atoms. The molecule has 0 aromatic heterocycles. The van der Waals surface area contributed by atoms with E-state index in [1.54, 1.807) is 4.90 Å². The lowest BCUT2D eigenvalue weighted by molar-refractivity contribution is -0.154. The third-order valence-electron chi connectivity index (χ3n) is 3.51. The fourth-order valence-corrected chi connectivity index (χ4v) is 2.03. The molecule has 5 nitrogen and oxygen atoms in total. The van der Waals surface area contributed by atoms with Gasteiger partial charge < -0.3 is 15.0 Å². The van der Waals surface area contributed by atoms with Crippen molar-refractivity contribution in [2.24, 2.45) is 5.41 Å². The smallest absolute Gasteiger partial charge is 0.376 e. The van der Waals surface area contributed by atoms with Gasteiger partial charge in [-0.15, -0.1) is 0 Å². The fraction of sp³-hybridized carbons (Fsp3) is 0.818. The Morgan fingerprint density at radius 2 is 1.88 bits per heavy atom. The Balaban J connectivity index is 1.84. The van der Waals surface area contributed by atoms with Crippen LogP contribution in [0.3, 0.4) is 0 Å². The normalized spacial score (nSPS) is 23.4. The molecule has 90 valence electrons. The SMILES string of the molecule is CC1(C(=O)OC(=O)N2CCNCC2)CCC1. The van der Waals surface area contributed by atoms with Crippen LogP contribution in [0.5, 0.6) is 0 Å². The summed E-state index contributed by atoms with van der Waals surface area (Å²) in [5.74, 6) is -0.359. The van der Waals surface area contributed by atoms with Crippen LogP contribution in [0.1, 0.15) is 26.2 Å². The van der Waals surface area contributed by atoms with Crippen LogP contribution < -0.4 is 5.32 Å². The monoisotopic (exact) mass is 226 g/mol. The maximum absolute atomic E-state index is 11.7. The van der Waals surface area contributed by atoms with E-state index in [0.717, 1.165) is 32.4 Å². The molecule has 0 radical (unpaired) electrons. The van der Waals surface area contributed by atoms with Crippen LogP contribution in [0.15, 0.2) is 0 Å². The van der Waals surface area contributed by atoms with Crippen molar-refractivity contribution in [3.05, 3.63) is 0 Å². The number of nitrogens with one attached hydrogen (secondary N) is 1. The Morgan fingerprint density at radius 1 is 1.25 bits per heavy atom. The molecule has 16 heavy (non-hydrogen) atoms. The van der Waals surface area contributed by atoms with Crippen LogP contribution in [0, 0.1) is 5.41 Å². The van der Waals surface area contributed by atoms with Crippen LogP contribution in [-0.4, -0.2) is 43.1 Å². The minimum atomic E-state index is -0.486. The number of carbonyl (C=O) groups is 2. The van der Waals surface area contributed by atoms with Crippen molar-refractivity contribution in [1.29, 1.82) is 0 Å². The number of carbonyl (C=O) groups excluding carboxylic acids is 2. The number of amides is 1. The predicted octanol–water partition coefficient (Wildman–Crippen LogP) is 0.745. The molecule has 0 unspecified atom stereocenters. The number of nitrogens with zero attached hydrogens (tertiary/aromatic N) is 1. The van der Waals surface area contributed by atoms with Crippen molar-refractivity contribution in [3.63, 3.8) is 0 Å². The van der Waals surface area contributed by atoms with E-state index in [9.17, 15) is 9.59 Å². The van der Waals surface area contributed by atoms with E-state index in [1.165, 1.54) is 0 Å². The maximum Gasteiger partial charge on any atom is 0.417 e. The summed E-state index contributed by atoms with van der Waals surface area (Å²) >= 11 is 0. The summed E-state index contributed by atoms with van der Waals surface area (Å²) < 4.78 is 4.92. The van der Waals surface area contributed by atoms with E-state index in [2.05, 4.69) is 5.32 Å².